The Morgan fingerprint density at radius 3 is 2.57 bits per heavy atom. The molecule has 2 heterocycles. The molecule has 1 unspecified atom stereocenters. The Labute approximate surface area is 223 Å². The number of aliphatic imine (C=N–C) groups is 1. The molecular weight excluding hydrogens is 472 g/mol. The number of aliphatic carboxylic acids is 1. The number of likely N-dealkylation sites (tertiary alicyclic amines) is 1. The minimum atomic E-state index is -1.13. The zero-order chi connectivity index (χ0) is 27.6. The van der Waals surface area contributed by atoms with E-state index in [0.717, 1.165) is 32.4 Å². The van der Waals surface area contributed by atoms with Crippen LogP contribution < -0.4 is 21.7 Å². The van der Waals surface area contributed by atoms with Gasteiger partial charge in [-0.05, 0) is 66.8 Å². The summed E-state index contributed by atoms with van der Waals surface area (Å²) in [5, 5.41) is 10.2. The molecule has 2 aliphatic rings. The fraction of sp³-hybridized carbons (Fsp3) is 0.778. The lowest BCUT2D eigenvalue weighted by molar-refractivity contribution is -0.148. The van der Waals surface area contributed by atoms with Gasteiger partial charge in [0.25, 0.3) is 0 Å². The van der Waals surface area contributed by atoms with Crippen molar-refractivity contribution >= 4 is 11.7 Å². The van der Waals surface area contributed by atoms with Gasteiger partial charge in [-0.25, -0.2) is 10.2 Å². The second-order valence-electron chi connectivity index (χ2n) is 10.6. The quantitative estimate of drug-likeness (QED) is 0.184. The smallest absolute Gasteiger partial charge is 0.337 e. The van der Waals surface area contributed by atoms with Crippen molar-refractivity contribution in [3.05, 3.63) is 23.5 Å². The Morgan fingerprint density at radius 1 is 1.35 bits per heavy atom. The second-order valence-corrected chi connectivity index (χ2v) is 10.6. The van der Waals surface area contributed by atoms with E-state index < -0.39 is 12.1 Å². The molecular formula is C27H50N6O4. The van der Waals surface area contributed by atoms with Crippen molar-refractivity contribution in [2.24, 2.45) is 10.9 Å². The van der Waals surface area contributed by atoms with Gasteiger partial charge in [0, 0.05) is 31.4 Å². The summed E-state index contributed by atoms with van der Waals surface area (Å²) in [6.07, 6.45) is 5.51. The predicted molar refractivity (Wildman–Crippen MR) is 148 cm³/mol. The van der Waals surface area contributed by atoms with Gasteiger partial charge in [-0.2, -0.15) is 0 Å². The number of nitrogens with one attached hydrogen (secondary N) is 4. The molecule has 1 fully saturated rings. The topological polar surface area (TPSA) is 119 Å². The summed E-state index contributed by atoms with van der Waals surface area (Å²) in [6, 6.07) is -0.172. The van der Waals surface area contributed by atoms with Gasteiger partial charge in [-0.15, -0.1) is 0 Å². The third-order valence-corrected chi connectivity index (χ3v) is 7.02. The molecule has 37 heavy (non-hydrogen) atoms. The molecule has 5 N–H and O–H groups in total. The molecule has 212 valence electrons. The van der Waals surface area contributed by atoms with E-state index in [-0.39, 0.29) is 29.6 Å². The van der Waals surface area contributed by atoms with E-state index >= 15 is 0 Å². The molecule has 0 amide bonds. The van der Waals surface area contributed by atoms with Crippen LogP contribution in [0.5, 0.6) is 0 Å². The third-order valence-electron chi connectivity index (χ3n) is 7.02. The molecule has 10 nitrogen and oxygen atoms in total. The average molecular weight is 523 g/mol. The molecule has 0 spiro atoms. The molecule has 0 saturated carbocycles. The van der Waals surface area contributed by atoms with Gasteiger partial charge < -0.3 is 24.9 Å². The number of ether oxygens (including phenoxy) is 2. The monoisotopic (exact) mass is 522 g/mol. The van der Waals surface area contributed by atoms with Gasteiger partial charge in [-0.3, -0.25) is 15.8 Å². The van der Waals surface area contributed by atoms with Crippen molar-refractivity contribution in [3.8, 4) is 0 Å². The SMILES string of the molecule is C/C=C\C[C@H](NNC)[C@@H]1NN/C(N2CCC(C)(OCC)CC2)=C(/[C@H](OCC(C)C)C(=O)O)C(C)=NC1C. The Bertz CT molecular complexity index is 820. The molecule has 0 aromatic rings. The highest BCUT2D eigenvalue weighted by Crippen LogP contribution is 2.30. The number of hydrogen-bond acceptors (Lipinski definition) is 9. The van der Waals surface area contributed by atoms with Crippen LogP contribution in [0.2, 0.25) is 0 Å². The van der Waals surface area contributed by atoms with Crippen molar-refractivity contribution in [2.75, 3.05) is 33.4 Å². The average Bonchev–Trinajstić information content (AvgIpc) is 2.82. The van der Waals surface area contributed by atoms with Crippen LogP contribution in [0.3, 0.4) is 0 Å². The number of piperidine rings is 1. The maximum Gasteiger partial charge on any atom is 0.337 e. The fourth-order valence-corrected chi connectivity index (χ4v) is 4.99. The molecule has 0 aromatic heterocycles. The largest absolute Gasteiger partial charge is 0.479 e. The Morgan fingerprint density at radius 2 is 2.03 bits per heavy atom. The first-order valence-corrected chi connectivity index (χ1v) is 13.6. The summed E-state index contributed by atoms with van der Waals surface area (Å²) >= 11 is 0. The van der Waals surface area contributed by atoms with Crippen LogP contribution in [0, 0.1) is 5.92 Å². The van der Waals surface area contributed by atoms with Gasteiger partial charge in [0.05, 0.1) is 29.9 Å². The van der Waals surface area contributed by atoms with Crippen LogP contribution in [0.15, 0.2) is 28.5 Å². The van der Waals surface area contributed by atoms with Crippen LogP contribution in [0.25, 0.3) is 0 Å². The first-order chi connectivity index (χ1) is 17.6. The molecule has 0 aliphatic carbocycles. The lowest BCUT2D eigenvalue weighted by Crippen LogP contribution is -2.61. The number of rotatable bonds is 13. The van der Waals surface area contributed by atoms with Crippen LogP contribution in [-0.2, 0) is 14.3 Å². The number of carboxylic acids is 1. The second kappa shape index (κ2) is 14.8. The first kappa shape index (κ1) is 31.2. The van der Waals surface area contributed by atoms with Crippen LogP contribution >= 0.6 is 0 Å². The Kier molecular flexibility index (Phi) is 12.5. The van der Waals surface area contributed by atoms with Crippen molar-refractivity contribution in [1.82, 2.24) is 26.6 Å². The zero-order valence-electron chi connectivity index (χ0n) is 24.1. The van der Waals surface area contributed by atoms with E-state index in [0.29, 0.717) is 30.3 Å². The van der Waals surface area contributed by atoms with Gasteiger partial charge in [-0.1, -0.05) is 26.0 Å². The number of hydrazine groups is 2. The zero-order valence-corrected chi connectivity index (χ0v) is 24.1. The molecule has 0 aromatic carbocycles. The van der Waals surface area contributed by atoms with E-state index in [4.69, 9.17) is 14.5 Å². The maximum atomic E-state index is 12.5. The minimum absolute atomic E-state index is 0.0399. The molecule has 0 radical (unpaired) electrons. The van der Waals surface area contributed by atoms with E-state index in [1.807, 2.05) is 54.7 Å². The maximum absolute atomic E-state index is 12.5. The fourth-order valence-electron chi connectivity index (χ4n) is 4.99. The summed E-state index contributed by atoms with van der Waals surface area (Å²) in [7, 11) is 1.86. The van der Waals surface area contributed by atoms with Gasteiger partial charge >= 0.3 is 5.97 Å². The van der Waals surface area contributed by atoms with E-state index in [9.17, 15) is 9.90 Å². The molecule has 2 aliphatic heterocycles. The van der Waals surface area contributed by atoms with Crippen LogP contribution in [-0.4, -0.2) is 84.9 Å². The number of hydrogen-bond donors (Lipinski definition) is 5. The highest BCUT2D eigenvalue weighted by molar-refractivity contribution is 6.04. The molecule has 0 bridgehead atoms. The van der Waals surface area contributed by atoms with Crippen molar-refractivity contribution < 1.29 is 19.4 Å². The van der Waals surface area contributed by atoms with Gasteiger partial charge in [0.1, 0.15) is 5.82 Å². The summed E-state index contributed by atoms with van der Waals surface area (Å²) in [5.74, 6) is -0.108. The normalized spacial score (nSPS) is 26.4. The number of nitrogens with zero attached hydrogens (tertiary/aromatic N) is 2. The Balaban J connectivity index is 2.51. The highest BCUT2D eigenvalue weighted by Gasteiger charge is 2.38. The van der Waals surface area contributed by atoms with Crippen LogP contribution in [0.4, 0.5) is 0 Å². The number of carboxylic acid groups (broad SMARTS) is 1. The third kappa shape index (κ3) is 8.78. The molecule has 2 rings (SSSR count). The summed E-state index contributed by atoms with van der Waals surface area (Å²) in [4.78, 5) is 19.7. The Hall–Kier alpha value is -1.98. The summed E-state index contributed by atoms with van der Waals surface area (Å²) in [5.41, 5.74) is 14.4. The van der Waals surface area contributed by atoms with E-state index in [1.54, 1.807) is 0 Å². The van der Waals surface area contributed by atoms with Gasteiger partial charge in [0.15, 0.2) is 6.10 Å². The standard InChI is InChI=1S/C27H50N6O4/c1-9-11-12-21(30-28-8)23-20(6)29-19(5)22(24(26(34)35)36-17-18(3)4)25(32-31-23)33-15-13-27(7,14-16-33)37-10-2/h9,11,18,20-21,23-24,28,30-32H,10,12-17H2,1-8H3,(H,34,35)/b11-9-,25-22-,29-19?/t20?,21-,23+,24-/m0/s1. The van der Waals surface area contributed by atoms with Crippen LogP contribution in [0.1, 0.15) is 67.7 Å². The molecule has 1 saturated heterocycles. The predicted octanol–water partition coefficient (Wildman–Crippen LogP) is 2.60. The van der Waals surface area contributed by atoms with Gasteiger partial charge in [0.2, 0.25) is 0 Å². The van der Waals surface area contributed by atoms with E-state index in [2.05, 4.69) is 39.6 Å². The van der Waals surface area contributed by atoms with E-state index in [1.165, 1.54) is 0 Å². The lowest BCUT2D eigenvalue weighted by Gasteiger charge is -2.43. The number of carbonyl (C=O) groups is 1. The van der Waals surface area contributed by atoms with Crippen molar-refractivity contribution in [3.63, 3.8) is 0 Å². The number of allylic oxidation sites excluding steroid dienone is 1. The lowest BCUT2D eigenvalue weighted by atomic mass is 9.92. The summed E-state index contributed by atoms with van der Waals surface area (Å²) in [6.45, 7) is 16.6. The molecule has 4 atom stereocenters. The highest BCUT2D eigenvalue weighted by atomic mass is 16.5. The molecule has 10 heteroatoms. The summed E-state index contributed by atoms with van der Waals surface area (Å²) < 4.78 is 12.0. The van der Waals surface area contributed by atoms with Crippen molar-refractivity contribution in [2.45, 2.75) is 97.6 Å². The van der Waals surface area contributed by atoms with Crippen molar-refractivity contribution in [1.29, 1.82) is 0 Å². The minimum Gasteiger partial charge on any atom is -0.479 e. The first-order valence-electron chi connectivity index (χ1n) is 13.6.